The molecule has 3 nitrogen and oxygen atoms in total. The fourth-order valence-corrected chi connectivity index (χ4v) is 0.948. The molecule has 0 saturated heterocycles. The first-order chi connectivity index (χ1) is 5.54. The van der Waals surface area contributed by atoms with Crippen LogP contribution in [0.4, 0.5) is 0 Å². The molecule has 0 rings (SSSR count). The molecule has 12 heavy (non-hydrogen) atoms. The van der Waals surface area contributed by atoms with Gasteiger partial charge in [0.25, 0.3) is 0 Å². The summed E-state index contributed by atoms with van der Waals surface area (Å²) in [6, 6.07) is 0. The summed E-state index contributed by atoms with van der Waals surface area (Å²) >= 11 is 0. The van der Waals surface area contributed by atoms with Crippen LogP contribution in [0, 0.1) is 5.92 Å². The average Bonchev–Trinajstić information content (AvgIpc) is 1.87. The first kappa shape index (κ1) is 14.7. The zero-order valence-corrected chi connectivity index (χ0v) is 9.46. The second kappa shape index (κ2) is 11.2. The Morgan fingerprint density at radius 2 is 1.92 bits per heavy atom. The molecule has 0 aliphatic heterocycles. The van der Waals surface area contributed by atoms with Crippen molar-refractivity contribution in [3.63, 3.8) is 0 Å². The van der Waals surface area contributed by atoms with E-state index in [1.165, 1.54) is 12.8 Å². The Morgan fingerprint density at radius 1 is 1.42 bits per heavy atom. The first-order valence-corrected chi connectivity index (χ1v) is 5.66. The SMILES string of the molecule is CCCC(C)C.CCO[PH](=O)O. The fourth-order valence-electron chi connectivity index (χ4n) is 0.701. The van der Waals surface area contributed by atoms with E-state index in [-0.39, 0.29) is 0 Å². The number of rotatable bonds is 4. The summed E-state index contributed by atoms with van der Waals surface area (Å²) < 4.78 is 13.7. The lowest BCUT2D eigenvalue weighted by Gasteiger charge is -1.95. The molecule has 0 aliphatic carbocycles. The Balaban J connectivity index is 0. The number of hydrogen-bond acceptors (Lipinski definition) is 2. The topological polar surface area (TPSA) is 46.5 Å². The molecule has 0 amide bonds. The highest BCUT2D eigenvalue weighted by Gasteiger charge is 1.85. The maximum Gasteiger partial charge on any atom is 0.316 e. The van der Waals surface area contributed by atoms with Gasteiger partial charge in [-0.15, -0.1) is 0 Å². The molecule has 0 aromatic carbocycles. The minimum Gasteiger partial charge on any atom is -0.326 e. The lowest BCUT2D eigenvalue weighted by Crippen LogP contribution is -1.81. The zero-order valence-electron chi connectivity index (χ0n) is 8.46. The second-order valence-corrected chi connectivity index (χ2v) is 3.70. The van der Waals surface area contributed by atoms with Crippen molar-refractivity contribution in [1.29, 1.82) is 0 Å². The monoisotopic (exact) mass is 196 g/mol. The van der Waals surface area contributed by atoms with Gasteiger partial charge >= 0.3 is 8.25 Å². The van der Waals surface area contributed by atoms with E-state index < -0.39 is 8.25 Å². The van der Waals surface area contributed by atoms with Gasteiger partial charge in [-0.05, 0) is 12.8 Å². The van der Waals surface area contributed by atoms with Crippen LogP contribution in [-0.2, 0) is 9.09 Å². The van der Waals surface area contributed by atoms with E-state index in [4.69, 9.17) is 4.89 Å². The smallest absolute Gasteiger partial charge is 0.316 e. The van der Waals surface area contributed by atoms with Gasteiger partial charge in [-0.25, -0.2) is 0 Å². The van der Waals surface area contributed by atoms with Crippen molar-refractivity contribution < 1.29 is 14.0 Å². The summed E-state index contributed by atoms with van der Waals surface area (Å²) in [5, 5.41) is 0. The Kier molecular flexibility index (Phi) is 13.6. The van der Waals surface area contributed by atoms with Crippen LogP contribution < -0.4 is 0 Å². The van der Waals surface area contributed by atoms with Crippen molar-refractivity contribution in [2.45, 2.75) is 40.5 Å². The highest BCUT2D eigenvalue weighted by molar-refractivity contribution is 7.32. The predicted octanol–water partition coefficient (Wildman–Crippen LogP) is 2.85. The zero-order chi connectivity index (χ0) is 9.98. The minimum absolute atomic E-state index is 0.314. The maximum atomic E-state index is 9.56. The third-order valence-corrected chi connectivity index (χ3v) is 1.67. The van der Waals surface area contributed by atoms with E-state index in [2.05, 4.69) is 25.3 Å². The molecule has 0 radical (unpaired) electrons. The van der Waals surface area contributed by atoms with Gasteiger partial charge in [-0.1, -0.05) is 33.6 Å². The third-order valence-electron chi connectivity index (χ3n) is 1.13. The van der Waals surface area contributed by atoms with Gasteiger partial charge in [0.2, 0.25) is 0 Å². The Hall–Kier alpha value is 0.150. The average molecular weight is 196 g/mol. The number of hydrogen-bond donors (Lipinski definition) is 1. The van der Waals surface area contributed by atoms with Gasteiger partial charge in [0.05, 0.1) is 6.61 Å². The van der Waals surface area contributed by atoms with Crippen molar-refractivity contribution in [3.8, 4) is 0 Å². The van der Waals surface area contributed by atoms with Crippen molar-refractivity contribution in [2.75, 3.05) is 6.61 Å². The third kappa shape index (κ3) is 22.5. The predicted molar refractivity (Wildman–Crippen MR) is 52.6 cm³/mol. The van der Waals surface area contributed by atoms with Gasteiger partial charge < -0.3 is 9.42 Å². The highest BCUT2D eigenvalue weighted by Crippen LogP contribution is 2.12. The Morgan fingerprint density at radius 3 is 1.92 bits per heavy atom. The first-order valence-electron chi connectivity index (χ1n) is 4.40. The van der Waals surface area contributed by atoms with Crippen molar-refractivity contribution in [3.05, 3.63) is 0 Å². The summed E-state index contributed by atoms with van der Waals surface area (Å²) in [7, 11) is -2.64. The van der Waals surface area contributed by atoms with Crippen LogP contribution in [0.3, 0.4) is 0 Å². The van der Waals surface area contributed by atoms with Gasteiger partial charge in [-0.2, -0.15) is 0 Å². The lowest BCUT2D eigenvalue weighted by atomic mass is 10.1. The highest BCUT2D eigenvalue weighted by atomic mass is 31.1. The maximum absolute atomic E-state index is 9.56. The minimum atomic E-state index is -2.64. The van der Waals surface area contributed by atoms with Crippen molar-refractivity contribution in [2.24, 2.45) is 5.92 Å². The normalized spacial score (nSPS) is 12.2. The summed E-state index contributed by atoms with van der Waals surface area (Å²) in [6.07, 6.45) is 2.71. The Labute approximate surface area is 76.1 Å². The second-order valence-electron chi connectivity index (χ2n) is 2.88. The molecule has 1 N–H and O–H groups in total. The summed E-state index contributed by atoms with van der Waals surface area (Å²) in [5.74, 6) is 0.898. The van der Waals surface area contributed by atoms with Crippen LogP contribution in [0.2, 0.25) is 0 Å². The summed E-state index contributed by atoms with van der Waals surface area (Å²) in [4.78, 5) is 7.88. The van der Waals surface area contributed by atoms with E-state index in [9.17, 15) is 4.57 Å². The molecule has 0 aliphatic rings. The molecule has 1 unspecified atom stereocenters. The fraction of sp³-hybridized carbons (Fsp3) is 1.00. The van der Waals surface area contributed by atoms with E-state index in [0.717, 1.165) is 5.92 Å². The van der Waals surface area contributed by atoms with Crippen LogP contribution >= 0.6 is 8.25 Å². The summed E-state index contributed by atoms with van der Waals surface area (Å²) in [5.41, 5.74) is 0. The van der Waals surface area contributed by atoms with Crippen LogP contribution in [-0.4, -0.2) is 11.5 Å². The van der Waals surface area contributed by atoms with Gasteiger partial charge in [-0.3, -0.25) is 4.57 Å². The molecule has 0 spiro atoms. The molecular weight excluding hydrogens is 175 g/mol. The molecule has 0 bridgehead atoms. The van der Waals surface area contributed by atoms with Crippen molar-refractivity contribution in [1.82, 2.24) is 0 Å². The Bertz CT molecular complexity index is 104. The lowest BCUT2D eigenvalue weighted by molar-refractivity contribution is 0.297. The molecule has 0 heterocycles. The molecule has 0 aromatic rings. The van der Waals surface area contributed by atoms with Crippen molar-refractivity contribution >= 4 is 8.25 Å². The van der Waals surface area contributed by atoms with Crippen LogP contribution in [0.15, 0.2) is 0 Å². The molecule has 0 fully saturated rings. The quantitative estimate of drug-likeness (QED) is 0.703. The molecule has 0 saturated carbocycles. The van der Waals surface area contributed by atoms with E-state index in [1.807, 2.05) is 0 Å². The van der Waals surface area contributed by atoms with Gasteiger partial charge in [0, 0.05) is 0 Å². The summed E-state index contributed by atoms with van der Waals surface area (Å²) in [6.45, 7) is 8.71. The molecular formula is C8H21O3P. The van der Waals surface area contributed by atoms with Gasteiger partial charge in [0.1, 0.15) is 0 Å². The molecule has 1 atom stereocenters. The van der Waals surface area contributed by atoms with Crippen LogP contribution in [0.1, 0.15) is 40.5 Å². The van der Waals surface area contributed by atoms with Crippen LogP contribution in [0.25, 0.3) is 0 Å². The largest absolute Gasteiger partial charge is 0.326 e. The standard InChI is InChI=1S/C6H14.C2H7O3P/c1-4-5-6(2)3;1-2-5-6(3)4/h6H,4-5H2,1-3H3;6H,2H2,1H3,(H,3,4). The molecule has 4 heteroatoms. The van der Waals surface area contributed by atoms with Gasteiger partial charge in [0.15, 0.2) is 0 Å². The van der Waals surface area contributed by atoms with Crippen LogP contribution in [0.5, 0.6) is 0 Å². The van der Waals surface area contributed by atoms with E-state index in [1.54, 1.807) is 6.92 Å². The molecule has 0 aromatic heterocycles. The van der Waals surface area contributed by atoms with E-state index >= 15 is 0 Å². The van der Waals surface area contributed by atoms with E-state index in [0.29, 0.717) is 6.61 Å². The molecule has 76 valence electrons.